The van der Waals surface area contributed by atoms with Crippen LogP contribution in [0.4, 0.5) is 17.1 Å². The maximum Gasteiger partial charge on any atom is 0.238 e. The first-order chi connectivity index (χ1) is 28.3. The largest absolute Gasteiger partial charge is 0.456 e. The maximum absolute atomic E-state index is 6.72. The Labute approximate surface area is 328 Å². The van der Waals surface area contributed by atoms with Gasteiger partial charge in [-0.25, -0.2) is 4.98 Å². The summed E-state index contributed by atoms with van der Waals surface area (Å²) in [5.74, 6) is 1.72. The van der Waals surface area contributed by atoms with Crippen LogP contribution >= 0.6 is 0 Å². The molecule has 0 N–H and O–H groups in total. The molecule has 3 aromatic heterocycles. The highest BCUT2D eigenvalue weighted by atomic mass is 16.3. The molecule has 0 radical (unpaired) electrons. The minimum absolute atomic E-state index is 0.555. The van der Waals surface area contributed by atoms with E-state index in [1.54, 1.807) is 0 Å². The highest BCUT2D eigenvalue weighted by Gasteiger charge is 2.22. The number of anilines is 3. The van der Waals surface area contributed by atoms with E-state index in [1.807, 2.05) is 48.5 Å². The average molecular weight is 732 g/mol. The SMILES string of the molecule is c1ccc(-c2nc(-c3cccc4oc5cc(N(c6ccccc6)c6ccccc6-c6ccccc6)ccc5c34)nc(-n3c4ccccc4c4ccccc43)n2)cc1. The molecule has 0 amide bonds. The lowest BCUT2D eigenvalue weighted by Crippen LogP contribution is -2.11. The number of hydrogen-bond acceptors (Lipinski definition) is 5. The minimum atomic E-state index is 0.555. The summed E-state index contributed by atoms with van der Waals surface area (Å²) in [6.07, 6.45) is 0. The first-order valence-corrected chi connectivity index (χ1v) is 19.0. The summed E-state index contributed by atoms with van der Waals surface area (Å²) in [7, 11) is 0. The molecule has 0 saturated carbocycles. The van der Waals surface area contributed by atoms with Gasteiger partial charge in [0, 0.05) is 55.7 Å². The van der Waals surface area contributed by atoms with Gasteiger partial charge in [-0.1, -0.05) is 146 Å². The summed E-state index contributed by atoms with van der Waals surface area (Å²) < 4.78 is 8.87. The van der Waals surface area contributed by atoms with E-state index in [-0.39, 0.29) is 0 Å². The third kappa shape index (κ3) is 5.54. The standard InChI is InChI=1S/C51H33N5O/c1-4-17-34(18-5-1)38-23-10-13-27-43(38)55(36-21-8-3-9-22-36)37-31-32-41-47(33-37)57-46-30-16-26-42(48(41)46)50-52-49(35-19-6-2-7-20-35)53-51(54-50)56-44-28-14-11-24-39(44)40-25-12-15-29-45(40)56/h1-33H. The Hall–Kier alpha value is -7.83. The van der Waals surface area contributed by atoms with Crippen molar-refractivity contribution in [2.75, 3.05) is 4.90 Å². The van der Waals surface area contributed by atoms with Gasteiger partial charge in [-0.15, -0.1) is 0 Å². The highest BCUT2D eigenvalue weighted by molar-refractivity contribution is 6.13. The highest BCUT2D eigenvalue weighted by Crippen LogP contribution is 2.44. The molecule has 6 heteroatoms. The van der Waals surface area contributed by atoms with E-state index in [0.717, 1.165) is 83.1 Å². The molecule has 0 atom stereocenters. The molecule has 0 fully saturated rings. The molecule has 268 valence electrons. The Balaban J connectivity index is 1.11. The molecule has 0 aliphatic rings. The molecule has 0 saturated heterocycles. The van der Waals surface area contributed by atoms with Gasteiger partial charge in [-0.2, -0.15) is 9.97 Å². The van der Waals surface area contributed by atoms with E-state index in [2.05, 4.69) is 161 Å². The molecule has 0 bridgehead atoms. The van der Waals surface area contributed by atoms with Crippen LogP contribution in [0.15, 0.2) is 205 Å². The Kier molecular flexibility index (Phi) is 7.71. The average Bonchev–Trinajstić information content (AvgIpc) is 3.83. The summed E-state index contributed by atoms with van der Waals surface area (Å²) >= 11 is 0. The van der Waals surface area contributed by atoms with Crippen molar-refractivity contribution in [3.05, 3.63) is 200 Å². The van der Waals surface area contributed by atoms with E-state index < -0.39 is 0 Å². The number of nitrogens with zero attached hydrogens (tertiary/aromatic N) is 5. The van der Waals surface area contributed by atoms with Crippen LogP contribution in [-0.2, 0) is 0 Å². The van der Waals surface area contributed by atoms with Gasteiger partial charge in [0.05, 0.1) is 16.7 Å². The van der Waals surface area contributed by atoms with Crippen LogP contribution in [0.1, 0.15) is 0 Å². The zero-order chi connectivity index (χ0) is 37.7. The van der Waals surface area contributed by atoms with E-state index >= 15 is 0 Å². The molecular weight excluding hydrogens is 699 g/mol. The lowest BCUT2D eigenvalue weighted by atomic mass is 10.0. The van der Waals surface area contributed by atoms with Gasteiger partial charge in [-0.05, 0) is 54.1 Å². The van der Waals surface area contributed by atoms with E-state index in [1.165, 1.54) is 0 Å². The first-order valence-electron chi connectivity index (χ1n) is 19.0. The molecular formula is C51H33N5O. The van der Waals surface area contributed by atoms with Crippen molar-refractivity contribution in [3.8, 4) is 39.9 Å². The van der Waals surface area contributed by atoms with Gasteiger partial charge >= 0.3 is 0 Å². The first kappa shape index (κ1) is 32.6. The lowest BCUT2D eigenvalue weighted by molar-refractivity contribution is 0.669. The fraction of sp³-hybridized carbons (Fsp3) is 0. The third-order valence-corrected chi connectivity index (χ3v) is 10.7. The van der Waals surface area contributed by atoms with Gasteiger partial charge in [0.25, 0.3) is 0 Å². The normalized spacial score (nSPS) is 11.5. The van der Waals surface area contributed by atoms with Gasteiger partial charge in [0.1, 0.15) is 11.2 Å². The monoisotopic (exact) mass is 731 g/mol. The van der Waals surface area contributed by atoms with Crippen LogP contribution in [0, 0.1) is 0 Å². The van der Waals surface area contributed by atoms with E-state index in [9.17, 15) is 0 Å². The van der Waals surface area contributed by atoms with Crippen molar-refractivity contribution >= 4 is 60.8 Å². The Bertz CT molecular complexity index is 3190. The van der Waals surface area contributed by atoms with Gasteiger partial charge in [0.15, 0.2) is 11.6 Å². The molecule has 3 heterocycles. The number of aromatic nitrogens is 4. The molecule has 6 nitrogen and oxygen atoms in total. The molecule has 0 aliphatic heterocycles. The van der Waals surface area contributed by atoms with Crippen molar-refractivity contribution in [3.63, 3.8) is 0 Å². The number of fused-ring (bicyclic) bond motifs is 6. The lowest BCUT2D eigenvalue weighted by Gasteiger charge is -2.27. The van der Waals surface area contributed by atoms with Crippen LogP contribution in [-0.4, -0.2) is 19.5 Å². The quantitative estimate of drug-likeness (QED) is 0.163. The van der Waals surface area contributed by atoms with Gasteiger partial charge < -0.3 is 9.32 Å². The Morgan fingerprint density at radius 1 is 0.404 bits per heavy atom. The van der Waals surface area contributed by atoms with Crippen molar-refractivity contribution in [2.24, 2.45) is 0 Å². The van der Waals surface area contributed by atoms with Crippen molar-refractivity contribution < 1.29 is 4.42 Å². The molecule has 8 aromatic carbocycles. The van der Waals surface area contributed by atoms with Crippen LogP contribution in [0.2, 0.25) is 0 Å². The Morgan fingerprint density at radius 3 is 1.74 bits per heavy atom. The number of furan rings is 1. The second-order valence-electron chi connectivity index (χ2n) is 14.0. The van der Waals surface area contributed by atoms with E-state index in [4.69, 9.17) is 19.4 Å². The third-order valence-electron chi connectivity index (χ3n) is 10.7. The summed E-state index contributed by atoms with van der Waals surface area (Å²) in [5, 5.41) is 4.22. The van der Waals surface area contributed by atoms with Gasteiger partial charge in [-0.3, -0.25) is 4.57 Å². The Morgan fingerprint density at radius 2 is 1.00 bits per heavy atom. The zero-order valence-electron chi connectivity index (χ0n) is 30.7. The minimum Gasteiger partial charge on any atom is -0.456 e. The fourth-order valence-corrected chi connectivity index (χ4v) is 8.11. The van der Waals surface area contributed by atoms with Crippen LogP contribution in [0.3, 0.4) is 0 Å². The maximum atomic E-state index is 6.72. The molecule has 11 aromatic rings. The zero-order valence-corrected chi connectivity index (χ0v) is 30.7. The topological polar surface area (TPSA) is 60.0 Å². The molecule has 57 heavy (non-hydrogen) atoms. The predicted octanol–water partition coefficient (Wildman–Crippen LogP) is 13.3. The smallest absolute Gasteiger partial charge is 0.238 e. The van der Waals surface area contributed by atoms with Gasteiger partial charge in [0.2, 0.25) is 5.95 Å². The molecule has 11 rings (SSSR count). The number of para-hydroxylation sites is 4. The number of benzene rings is 8. The van der Waals surface area contributed by atoms with E-state index in [0.29, 0.717) is 17.6 Å². The predicted molar refractivity (Wildman–Crippen MR) is 232 cm³/mol. The summed E-state index contributed by atoms with van der Waals surface area (Å²) in [4.78, 5) is 17.9. The van der Waals surface area contributed by atoms with Crippen LogP contribution in [0.5, 0.6) is 0 Å². The van der Waals surface area contributed by atoms with Crippen molar-refractivity contribution in [1.82, 2.24) is 19.5 Å². The van der Waals surface area contributed by atoms with Crippen LogP contribution in [0.25, 0.3) is 83.6 Å². The number of rotatable bonds is 7. The summed E-state index contributed by atoms with van der Waals surface area (Å²) in [6.45, 7) is 0. The van der Waals surface area contributed by atoms with Crippen molar-refractivity contribution in [1.29, 1.82) is 0 Å². The molecule has 0 aliphatic carbocycles. The molecule has 0 unspecified atom stereocenters. The number of hydrogen-bond donors (Lipinski definition) is 0. The fourth-order valence-electron chi connectivity index (χ4n) is 8.11. The van der Waals surface area contributed by atoms with Crippen LogP contribution < -0.4 is 4.90 Å². The second-order valence-corrected chi connectivity index (χ2v) is 14.0. The summed E-state index contributed by atoms with van der Waals surface area (Å²) in [5.41, 5.74) is 10.8. The molecule has 0 spiro atoms. The second kappa shape index (κ2) is 13.5. The van der Waals surface area contributed by atoms with Crippen molar-refractivity contribution in [2.45, 2.75) is 0 Å². The summed E-state index contributed by atoms with van der Waals surface area (Å²) in [6, 6.07) is 69.1.